The fourth-order valence-electron chi connectivity index (χ4n) is 3.54. The Morgan fingerprint density at radius 2 is 1.87 bits per heavy atom. The Hall–Kier alpha value is -3.10. The van der Waals surface area contributed by atoms with Gasteiger partial charge in [-0.25, -0.2) is 0 Å². The highest BCUT2D eigenvalue weighted by Gasteiger charge is 2.17. The molecular formula is C23H28N4O4. The van der Waals surface area contributed by atoms with Crippen molar-refractivity contribution < 1.29 is 19.0 Å². The zero-order valence-corrected chi connectivity index (χ0v) is 17.9. The summed E-state index contributed by atoms with van der Waals surface area (Å²) >= 11 is 0. The number of nitrogens with zero attached hydrogens (tertiary/aromatic N) is 2. The van der Waals surface area contributed by atoms with Gasteiger partial charge in [-0.3, -0.25) is 20.0 Å². The van der Waals surface area contributed by atoms with E-state index in [0.29, 0.717) is 29.6 Å². The van der Waals surface area contributed by atoms with Crippen LogP contribution in [0.3, 0.4) is 0 Å². The van der Waals surface area contributed by atoms with Crippen molar-refractivity contribution in [1.82, 2.24) is 10.2 Å². The maximum atomic E-state index is 12.9. The molecule has 0 atom stereocenters. The van der Waals surface area contributed by atoms with E-state index < -0.39 is 0 Å². The van der Waals surface area contributed by atoms with Crippen LogP contribution in [-0.2, 0) is 4.74 Å². The summed E-state index contributed by atoms with van der Waals surface area (Å²) < 4.78 is 16.1. The summed E-state index contributed by atoms with van der Waals surface area (Å²) in [5.74, 6) is 1.37. The highest BCUT2D eigenvalue weighted by molar-refractivity contribution is 6.10. The zero-order valence-electron chi connectivity index (χ0n) is 17.9. The highest BCUT2D eigenvalue weighted by atomic mass is 16.7. The van der Waals surface area contributed by atoms with Gasteiger partial charge in [-0.1, -0.05) is 17.7 Å². The summed E-state index contributed by atoms with van der Waals surface area (Å²) in [6.07, 6.45) is 0. The number of rotatable bonds is 5. The van der Waals surface area contributed by atoms with Crippen molar-refractivity contribution in [2.24, 2.45) is 4.99 Å². The molecule has 1 saturated heterocycles. The summed E-state index contributed by atoms with van der Waals surface area (Å²) in [6, 6.07) is 11.2. The maximum Gasteiger partial charge on any atom is 0.258 e. The first kappa shape index (κ1) is 21.1. The van der Waals surface area contributed by atoms with E-state index >= 15 is 0 Å². The van der Waals surface area contributed by atoms with Crippen molar-refractivity contribution in [1.29, 1.82) is 0 Å². The van der Waals surface area contributed by atoms with Crippen molar-refractivity contribution >= 4 is 17.6 Å². The molecule has 1 fully saturated rings. The number of carbonyl (C=O) groups is 1. The molecule has 0 unspecified atom stereocenters. The van der Waals surface area contributed by atoms with Crippen LogP contribution in [0.5, 0.6) is 11.5 Å². The number of fused-ring (bicyclic) bond motifs is 1. The van der Waals surface area contributed by atoms with Crippen LogP contribution in [0, 0.1) is 13.8 Å². The summed E-state index contributed by atoms with van der Waals surface area (Å²) in [7, 11) is 0. The van der Waals surface area contributed by atoms with Crippen molar-refractivity contribution in [3.8, 4) is 11.5 Å². The third kappa shape index (κ3) is 5.53. The van der Waals surface area contributed by atoms with Crippen LogP contribution in [0.4, 0.5) is 5.69 Å². The molecule has 1 amide bonds. The molecule has 0 spiro atoms. The standard InChI is InChI=1S/C23H28N4O4/c1-16-3-5-19(17(2)13-16)25-23(24-7-8-27-9-11-29-12-10-27)26-22(28)18-4-6-20-21(14-18)31-15-30-20/h3-6,13-14H,7-12,15H2,1-2H3,(H2,24,25,26,28). The van der Waals surface area contributed by atoms with Crippen molar-refractivity contribution in [3.63, 3.8) is 0 Å². The van der Waals surface area contributed by atoms with Gasteiger partial charge in [-0.05, 0) is 43.7 Å². The Morgan fingerprint density at radius 3 is 2.68 bits per heavy atom. The summed E-state index contributed by atoms with van der Waals surface area (Å²) in [5, 5.41) is 6.20. The van der Waals surface area contributed by atoms with Gasteiger partial charge in [0.15, 0.2) is 11.5 Å². The second-order valence-corrected chi connectivity index (χ2v) is 7.65. The van der Waals surface area contributed by atoms with Crippen LogP contribution in [0.25, 0.3) is 0 Å². The Kier molecular flexibility index (Phi) is 6.69. The molecule has 164 valence electrons. The number of benzene rings is 2. The SMILES string of the molecule is Cc1ccc(NC(=NCCN2CCOCC2)NC(=O)c2ccc3c(c2)OCO3)c(C)c1. The molecular weight excluding hydrogens is 396 g/mol. The number of hydrogen-bond donors (Lipinski definition) is 2. The first-order chi connectivity index (χ1) is 15.1. The van der Waals surface area contributed by atoms with Crippen molar-refractivity contribution in [3.05, 3.63) is 53.1 Å². The molecule has 8 nitrogen and oxygen atoms in total. The number of morpholine rings is 1. The molecule has 0 aliphatic carbocycles. The smallest absolute Gasteiger partial charge is 0.258 e. The number of nitrogens with one attached hydrogen (secondary N) is 2. The van der Waals surface area contributed by atoms with Crippen LogP contribution in [0.2, 0.25) is 0 Å². The van der Waals surface area contributed by atoms with E-state index in [0.717, 1.165) is 44.1 Å². The second-order valence-electron chi connectivity index (χ2n) is 7.65. The van der Waals surface area contributed by atoms with Crippen LogP contribution in [0.1, 0.15) is 21.5 Å². The number of aliphatic imine (C=N–C) groups is 1. The number of carbonyl (C=O) groups excluding carboxylic acids is 1. The maximum absolute atomic E-state index is 12.9. The fourth-order valence-corrected chi connectivity index (χ4v) is 3.54. The number of amides is 1. The lowest BCUT2D eigenvalue weighted by Crippen LogP contribution is -2.39. The highest BCUT2D eigenvalue weighted by Crippen LogP contribution is 2.32. The first-order valence-corrected chi connectivity index (χ1v) is 10.5. The molecule has 2 aliphatic rings. The Labute approximate surface area is 182 Å². The minimum Gasteiger partial charge on any atom is -0.454 e. The van der Waals surface area contributed by atoms with Crippen LogP contribution >= 0.6 is 0 Å². The van der Waals surface area contributed by atoms with Gasteiger partial charge in [0, 0.05) is 30.9 Å². The van der Waals surface area contributed by atoms with Gasteiger partial charge in [0.1, 0.15) is 0 Å². The van der Waals surface area contributed by atoms with Gasteiger partial charge >= 0.3 is 0 Å². The number of hydrogen-bond acceptors (Lipinski definition) is 6. The largest absolute Gasteiger partial charge is 0.454 e. The predicted molar refractivity (Wildman–Crippen MR) is 119 cm³/mol. The van der Waals surface area contributed by atoms with E-state index in [4.69, 9.17) is 14.2 Å². The van der Waals surface area contributed by atoms with E-state index in [9.17, 15) is 4.79 Å². The van der Waals surface area contributed by atoms with Crippen LogP contribution in [-0.4, -0.2) is 63.0 Å². The van der Waals surface area contributed by atoms with Gasteiger partial charge in [0.2, 0.25) is 12.8 Å². The van der Waals surface area contributed by atoms with Gasteiger partial charge in [-0.15, -0.1) is 0 Å². The Balaban J connectivity index is 1.47. The van der Waals surface area contributed by atoms with Gasteiger partial charge in [0.25, 0.3) is 5.91 Å². The average Bonchev–Trinajstić information content (AvgIpc) is 3.24. The van der Waals surface area contributed by atoms with E-state index in [1.165, 1.54) is 5.56 Å². The summed E-state index contributed by atoms with van der Waals surface area (Å²) in [4.78, 5) is 19.9. The van der Waals surface area contributed by atoms with Gasteiger partial charge in [0.05, 0.1) is 19.8 Å². The lowest BCUT2D eigenvalue weighted by Gasteiger charge is -2.25. The van der Waals surface area contributed by atoms with Crippen LogP contribution < -0.4 is 20.1 Å². The molecule has 4 rings (SSSR count). The molecule has 0 bridgehead atoms. The minimum atomic E-state index is -0.263. The van der Waals surface area contributed by atoms with Crippen molar-refractivity contribution in [2.75, 3.05) is 51.5 Å². The molecule has 0 saturated carbocycles. The third-order valence-electron chi connectivity index (χ3n) is 5.29. The molecule has 2 aromatic rings. The van der Waals surface area contributed by atoms with E-state index in [2.05, 4.69) is 33.5 Å². The summed E-state index contributed by atoms with van der Waals surface area (Å²) in [5.41, 5.74) is 3.64. The van der Waals surface area contributed by atoms with E-state index in [1.54, 1.807) is 18.2 Å². The lowest BCUT2D eigenvalue weighted by atomic mass is 10.1. The molecule has 2 N–H and O–H groups in total. The fraction of sp³-hybridized carbons (Fsp3) is 0.391. The average molecular weight is 425 g/mol. The Morgan fingerprint density at radius 1 is 1.06 bits per heavy atom. The van der Waals surface area contributed by atoms with E-state index in [1.807, 2.05) is 19.1 Å². The van der Waals surface area contributed by atoms with Gasteiger partial charge in [-0.2, -0.15) is 0 Å². The first-order valence-electron chi connectivity index (χ1n) is 10.5. The number of ether oxygens (including phenoxy) is 3. The van der Waals surface area contributed by atoms with Crippen molar-refractivity contribution in [2.45, 2.75) is 13.8 Å². The molecule has 2 aliphatic heterocycles. The normalized spacial score (nSPS) is 16.3. The number of guanidine groups is 1. The topological polar surface area (TPSA) is 84.4 Å². The third-order valence-corrected chi connectivity index (χ3v) is 5.29. The second kappa shape index (κ2) is 9.80. The molecule has 2 heterocycles. The zero-order chi connectivity index (χ0) is 21.6. The lowest BCUT2D eigenvalue weighted by molar-refractivity contribution is 0.0394. The summed E-state index contributed by atoms with van der Waals surface area (Å²) in [6.45, 7) is 8.92. The number of aryl methyl sites for hydroxylation is 2. The minimum absolute atomic E-state index is 0.170. The van der Waals surface area contributed by atoms with E-state index in [-0.39, 0.29) is 12.7 Å². The molecule has 2 aromatic carbocycles. The number of anilines is 1. The quantitative estimate of drug-likeness (QED) is 0.567. The predicted octanol–water partition coefficient (Wildman–Crippen LogP) is 2.56. The monoisotopic (exact) mass is 424 g/mol. The molecule has 31 heavy (non-hydrogen) atoms. The Bertz CT molecular complexity index is 970. The molecule has 8 heteroatoms. The molecule has 0 radical (unpaired) electrons. The van der Waals surface area contributed by atoms with Crippen LogP contribution in [0.15, 0.2) is 41.4 Å². The van der Waals surface area contributed by atoms with Gasteiger partial charge < -0.3 is 19.5 Å². The molecule has 0 aromatic heterocycles.